The number of furan rings is 1. The molecule has 1 aromatic heterocycles. The Bertz CT molecular complexity index is 315. The van der Waals surface area contributed by atoms with Crippen LogP contribution < -0.4 is 0 Å². The van der Waals surface area contributed by atoms with E-state index in [1.165, 1.54) is 0 Å². The highest BCUT2D eigenvalue weighted by molar-refractivity contribution is 5.70. The topological polar surface area (TPSA) is 93.6 Å². The number of carbonyl (C=O) groups is 1. The van der Waals surface area contributed by atoms with Crippen molar-refractivity contribution in [1.82, 2.24) is 0 Å². The van der Waals surface area contributed by atoms with Crippen LogP contribution in [0.3, 0.4) is 0 Å². The van der Waals surface area contributed by atoms with Gasteiger partial charge in [-0.3, -0.25) is 14.9 Å². The quantitative estimate of drug-likeness (QED) is 0.536. The fourth-order valence-corrected chi connectivity index (χ4v) is 0.766. The Morgan fingerprint density at radius 3 is 2.92 bits per heavy atom. The molecule has 0 aliphatic rings. The van der Waals surface area contributed by atoms with Crippen LogP contribution in [-0.4, -0.2) is 16.0 Å². The molecule has 1 rings (SSSR count). The van der Waals surface area contributed by atoms with Gasteiger partial charge in [0.1, 0.15) is 6.42 Å². The van der Waals surface area contributed by atoms with Crippen molar-refractivity contribution in [2.45, 2.75) is 6.42 Å². The van der Waals surface area contributed by atoms with Gasteiger partial charge in [-0.15, -0.1) is 0 Å². The van der Waals surface area contributed by atoms with E-state index in [1.807, 2.05) is 0 Å². The van der Waals surface area contributed by atoms with Crippen LogP contribution in [0.25, 0.3) is 0 Å². The number of carboxylic acid groups (broad SMARTS) is 1. The molecule has 0 aliphatic heterocycles. The maximum Gasteiger partial charge on any atom is 0.311 e. The molecule has 1 N–H and O–H groups in total. The van der Waals surface area contributed by atoms with Gasteiger partial charge in [-0.2, -0.15) is 0 Å². The molecule has 64 valence electrons. The van der Waals surface area contributed by atoms with Gasteiger partial charge in [-0.25, -0.2) is 0 Å². The zero-order valence-corrected chi connectivity index (χ0v) is 5.89. The fourth-order valence-electron chi connectivity index (χ4n) is 0.766. The first-order chi connectivity index (χ1) is 5.61. The van der Waals surface area contributed by atoms with E-state index in [9.17, 15) is 14.9 Å². The lowest BCUT2D eigenvalue weighted by molar-refractivity contribution is -0.386. The third kappa shape index (κ3) is 1.60. The molecule has 0 unspecified atom stereocenters. The minimum Gasteiger partial charge on any atom is -0.481 e. The number of aliphatic carboxylic acids is 1. The molecule has 12 heavy (non-hydrogen) atoms. The summed E-state index contributed by atoms with van der Waals surface area (Å²) >= 11 is 0. The van der Waals surface area contributed by atoms with E-state index < -0.39 is 17.3 Å². The molecule has 0 amide bonds. The van der Waals surface area contributed by atoms with Crippen LogP contribution >= 0.6 is 0 Å². The minimum absolute atomic E-state index is 0.132. The molecule has 0 saturated carbocycles. The average Bonchev–Trinajstić information content (AvgIpc) is 2.33. The van der Waals surface area contributed by atoms with E-state index in [0.29, 0.717) is 0 Å². The normalized spacial score (nSPS) is 9.67. The van der Waals surface area contributed by atoms with Gasteiger partial charge in [0.15, 0.2) is 5.76 Å². The second kappa shape index (κ2) is 3.04. The van der Waals surface area contributed by atoms with Crippen molar-refractivity contribution in [1.29, 1.82) is 0 Å². The minimum atomic E-state index is -1.16. The summed E-state index contributed by atoms with van der Waals surface area (Å²) in [5.74, 6) is -1.29. The van der Waals surface area contributed by atoms with E-state index in [0.717, 1.165) is 12.3 Å². The van der Waals surface area contributed by atoms with Gasteiger partial charge >= 0.3 is 11.7 Å². The molecule has 6 heteroatoms. The van der Waals surface area contributed by atoms with Gasteiger partial charge in [-0.1, -0.05) is 0 Å². The number of nitrogens with zero attached hydrogens (tertiary/aromatic N) is 1. The highest BCUT2D eigenvalue weighted by atomic mass is 16.6. The number of carboxylic acids is 1. The molecule has 0 aromatic carbocycles. The molecule has 0 aliphatic carbocycles. The Morgan fingerprint density at radius 2 is 2.42 bits per heavy atom. The summed E-state index contributed by atoms with van der Waals surface area (Å²) in [6.07, 6.45) is 0.625. The van der Waals surface area contributed by atoms with Gasteiger partial charge in [-0.05, 0) is 0 Å². The third-order valence-corrected chi connectivity index (χ3v) is 1.23. The second-order valence-corrected chi connectivity index (χ2v) is 2.06. The number of hydrogen-bond donors (Lipinski definition) is 1. The van der Waals surface area contributed by atoms with E-state index in [-0.39, 0.29) is 11.4 Å². The molecule has 1 aromatic rings. The maximum absolute atomic E-state index is 10.2. The van der Waals surface area contributed by atoms with Crippen LogP contribution in [0.5, 0.6) is 0 Å². The van der Waals surface area contributed by atoms with Crippen molar-refractivity contribution in [3.05, 3.63) is 28.2 Å². The van der Waals surface area contributed by atoms with Crippen LogP contribution in [0, 0.1) is 10.1 Å². The fraction of sp³-hybridized carbons (Fsp3) is 0.167. The van der Waals surface area contributed by atoms with Crippen molar-refractivity contribution in [3.63, 3.8) is 0 Å². The summed E-state index contributed by atoms with van der Waals surface area (Å²) in [6, 6.07) is 1.12. The summed E-state index contributed by atoms with van der Waals surface area (Å²) in [6.45, 7) is 0. The molecule has 0 bridgehead atoms. The Balaban J connectivity index is 2.91. The molecule has 0 radical (unpaired) electrons. The molecule has 0 fully saturated rings. The lowest BCUT2D eigenvalue weighted by Gasteiger charge is -1.89. The summed E-state index contributed by atoms with van der Waals surface area (Å²) in [5.41, 5.74) is -0.294. The maximum atomic E-state index is 10.2. The summed E-state index contributed by atoms with van der Waals surface area (Å²) in [4.78, 5) is 19.7. The second-order valence-electron chi connectivity index (χ2n) is 2.06. The highest BCUT2D eigenvalue weighted by Gasteiger charge is 2.19. The number of rotatable bonds is 3. The SMILES string of the molecule is O=C(O)Cc1occc1[N+](=O)[O-]. The predicted molar refractivity (Wildman–Crippen MR) is 36.7 cm³/mol. The molecule has 6 nitrogen and oxygen atoms in total. The van der Waals surface area contributed by atoms with Gasteiger partial charge < -0.3 is 9.52 Å². The van der Waals surface area contributed by atoms with Crippen LogP contribution in [-0.2, 0) is 11.2 Å². The van der Waals surface area contributed by atoms with Crippen molar-refractivity contribution in [2.75, 3.05) is 0 Å². The van der Waals surface area contributed by atoms with E-state index in [2.05, 4.69) is 4.42 Å². The van der Waals surface area contributed by atoms with Crippen LogP contribution in [0.4, 0.5) is 5.69 Å². The van der Waals surface area contributed by atoms with Gasteiger partial charge in [0.25, 0.3) is 0 Å². The Morgan fingerprint density at radius 1 is 1.75 bits per heavy atom. The van der Waals surface area contributed by atoms with Crippen molar-refractivity contribution in [3.8, 4) is 0 Å². The average molecular weight is 171 g/mol. The van der Waals surface area contributed by atoms with Crippen LogP contribution in [0.15, 0.2) is 16.7 Å². The molecule has 0 atom stereocenters. The molecule has 0 spiro atoms. The first-order valence-corrected chi connectivity index (χ1v) is 3.04. The lowest BCUT2D eigenvalue weighted by atomic mass is 10.3. The first-order valence-electron chi connectivity index (χ1n) is 3.04. The molecule has 1 heterocycles. The van der Waals surface area contributed by atoms with E-state index in [4.69, 9.17) is 5.11 Å². The summed E-state index contributed by atoms with van der Waals surface area (Å²) < 4.78 is 4.61. The monoisotopic (exact) mass is 171 g/mol. The van der Waals surface area contributed by atoms with Crippen molar-refractivity contribution < 1.29 is 19.2 Å². The van der Waals surface area contributed by atoms with Crippen molar-refractivity contribution >= 4 is 11.7 Å². The van der Waals surface area contributed by atoms with E-state index >= 15 is 0 Å². The van der Waals surface area contributed by atoms with E-state index in [1.54, 1.807) is 0 Å². The Hall–Kier alpha value is -1.85. The first kappa shape index (κ1) is 8.25. The highest BCUT2D eigenvalue weighted by Crippen LogP contribution is 2.19. The zero-order chi connectivity index (χ0) is 9.14. The zero-order valence-electron chi connectivity index (χ0n) is 5.89. The Labute approximate surface area is 66.6 Å². The molecule has 0 saturated heterocycles. The largest absolute Gasteiger partial charge is 0.481 e. The van der Waals surface area contributed by atoms with Crippen molar-refractivity contribution in [2.24, 2.45) is 0 Å². The molecular weight excluding hydrogens is 166 g/mol. The smallest absolute Gasteiger partial charge is 0.311 e. The van der Waals surface area contributed by atoms with Crippen LogP contribution in [0.1, 0.15) is 5.76 Å². The van der Waals surface area contributed by atoms with Gasteiger partial charge in [0, 0.05) is 0 Å². The number of nitro groups is 1. The third-order valence-electron chi connectivity index (χ3n) is 1.23. The Kier molecular flexibility index (Phi) is 2.09. The van der Waals surface area contributed by atoms with Crippen LogP contribution in [0.2, 0.25) is 0 Å². The molecular formula is C6H5NO5. The lowest BCUT2D eigenvalue weighted by Crippen LogP contribution is -2.01. The standard InChI is InChI=1S/C6H5NO5/c8-6(9)3-5-4(7(10)11)1-2-12-5/h1-2H,3H2,(H,8,9). The predicted octanol–water partition coefficient (Wildman–Crippen LogP) is 0.815. The van der Waals surface area contributed by atoms with Gasteiger partial charge in [0.05, 0.1) is 17.3 Å². The van der Waals surface area contributed by atoms with Gasteiger partial charge in [0.2, 0.25) is 0 Å². The summed E-state index contributed by atoms with van der Waals surface area (Å²) in [5, 5.41) is 18.5. The number of hydrogen-bond acceptors (Lipinski definition) is 4. The summed E-state index contributed by atoms with van der Waals surface area (Å²) in [7, 11) is 0.